The molecule has 0 spiro atoms. The van der Waals surface area contributed by atoms with Crippen molar-refractivity contribution in [1.82, 2.24) is 5.32 Å². The van der Waals surface area contributed by atoms with Crippen LogP contribution in [0.3, 0.4) is 0 Å². The van der Waals surface area contributed by atoms with Crippen molar-refractivity contribution in [1.29, 1.82) is 0 Å². The zero-order valence-corrected chi connectivity index (χ0v) is 15.3. The fourth-order valence-corrected chi connectivity index (χ4v) is 2.86. The van der Waals surface area contributed by atoms with Crippen LogP contribution in [-0.2, 0) is 11.2 Å². The third kappa shape index (κ3) is 5.11. The number of hydrogen-bond donors (Lipinski definition) is 1. The highest BCUT2D eigenvalue weighted by atomic mass is 16.5. The lowest BCUT2D eigenvalue weighted by molar-refractivity contribution is -0.128. The van der Waals surface area contributed by atoms with Crippen LogP contribution >= 0.6 is 0 Å². The van der Waals surface area contributed by atoms with Crippen LogP contribution in [0.2, 0.25) is 0 Å². The molecular weight excluding hydrogens is 338 g/mol. The van der Waals surface area contributed by atoms with Crippen molar-refractivity contribution in [2.45, 2.75) is 12.5 Å². The molecule has 4 nitrogen and oxygen atoms in total. The van der Waals surface area contributed by atoms with Crippen molar-refractivity contribution in [3.8, 4) is 11.5 Å². The average Bonchev–Trinajstić information content (AvgIpc) is 2.73. The van der Waals surface area contributed by atoms with Crippen LogP contribution in [0.5, 0.6) is 11.5 Å². The normalized spacial score (nSPS) is 11.4. The molecule has 1 N–H and O–H groups in total. The Morgan fingerprint density at radius 2 is 1.52 bits per heavy atom. The minimum atomic E-state index is -0.703. The number of hydrogen-bond acceptors (Lipinski definition) is 3. The molecule has 0 saturated heterocycles. The van der Waals surface area contributed by atoms with Crippen LogP contribution in [0.15, 0.2) is 84.9 Å². The van der Waals surface area contributed by atoms with Gasteiger partial charge in [-0.25, -0.2) is 0 Å². The lowest BCUT2D eigenvalue weighted by atomic mass is 10.1. The molecule has 0 saturated carbocycles. The lowest BCUT2D eigenvalue weighted by Crippen LogP contribution is -2.33. The minimum Gasteiger partial charge on any atom is -0.496 e. The van der Waals surface area contributed by atoms with Gasteiger partial charge in [0.15, 0.2) is 0 Å². The number of benzene rings is 3. The highest BCUT2D eigenvalue weighted by Crippen LogP contribution is 2.22. The molecule has 27 heavy (non-hydrogen) atoms. The molecule has 4 heteroatoms. The molecule has 3 rings (SSSR count). The Labute approximate surface area is 159 Å². The van der Waals surface area contributed by atoms with Crippen molar-refractivity contribution < 1.29 is 14.3 Å². The fraction of sp³-hybridized carbons (Fsp3) is 0.174. The first-order valence-electron chi connectivity index (χ1n) is 8.94. The van der Waals surface area contributed by atoms with Crippen molar-refractivity contribution >= 4 is 5.91 Å². The zero-order valence-electron chi connectivity index (χ0n) is 15.3. The minimum absolute atomic E-state index is 0.167. The topological polar surface area (TPSA) is 47.6 Å². The molecule has 0 aliphatic heterocycles. The number of rotatable bonds is 8. The summed E-state index contributed by atoms with van der Waals surface area (Å²) in [4.78, 5) is 12.8. The van der Waals surface area contributed by atoms with Gasteiger partial charge in [-0.2, -0.15) is 0 Å². The summed E-state index contributed by atoms with van der Waals surface area (Å²) >= 11 is 0. The van der Waals surface area contributed by atoms with E-state index in [1.54, 1.807) is 7.11 Å². The van der Waals surface area contributed by atoms with Crippen molar-refractivity contribution in [2.75, 3.05) is 13.7 Å². The highest BCUT2D eigenvalue weighted by molar-refractivity contribution is 5.82. The Bertz CT molecular complexity index is 850. The van der Waals surface area contributed by atoms with Crippen LogP contribution in [0.1, 0.15) is 17.2 Å². The molecule has 0 radical (unpaired) electrons. The van der Waals surface area contributed by atoms with E-state index in [0.29, 0.717) is 18.7 Å². The predicted octanol–water partition coefficient (Wildman–Crippen LogP) is 4.17. The molecule has 138 valence electrons. The van der Waals surface area contributed by atoms with Gasteiger partial charge in [0.2, 0.25) is 6.10 Å². The largest absolute Gasteiger partial charge is 0.496 e. The monoisotopic (exact) mass is 361 g/mol. The average molecular weight is 361 g/mol. The van der Waals surface area contributed by atoms with Crippen LogP contribution < -0.4 is 14.8 Å². The van der Waals surface area contributed by atoms with E-state index in [4.69, 9.17) is 9.47 Å². The van der Waals surface area contributed by atoms with Gasteiger partial charge in [0.1, 0.15) is 11.5 Å². The molecule has 0 aliphatic carbocycles. The Morgan fingerprint density at radius 1 is 0.889 bits per heavy atom. The van der Waals surface area contributed by atoms with Crippen LogP contribution in [-0.4, -0.2) is 19.6 Å². The molecule has 1 atom stereocenters. The second-order valence-electron chi connectivity index (χ2n) is 6.07. The summed E-state index contributed by atoms with van der Waals surface area (Å²) in [7, 11) is 1.65. The summed E-state index contributed by atoms with van der Waals surface area (Å²) in [5.74, 6) is 1.32. The van der Waals surface area contributed by atoms with Gasteiger partial charge in [0.05, 0.1) is 7.11 Å². The van der Waals surface area contributed by atoms with Crippen molar-refractivity contribution in [2.24, 2.45) is 0 Å². The molecule has 0 heterocycles. The van der Waals surface area contributed by atoms with Crippen molar-refractivity contribution in [3.63, 3.8) is 0 Å². The van der Waals surface area contributed by atoms with Gasteiger partial charge in [-0.05, 0) is 30.2 Å². The third-order valence-electron chi connectivity index (χ3n) is 4.22. The van der Waals surface area contributed by atoms with Crippen LogP contribution in [0.4, 0.5) is 0 Å². The maximum atomic E-state index is 12.8. The smallest absolute Gasteiger partial charge is 0.265 e. The van der Waals surface area contributed by atoms with Gasteiger partial charge in [-0.3, -0.25) is 4.79 Å². The van der Waals surface area contributed by atoms with E-state index in [-0.39, 0.29) is 5.91 Å². The second-order valence-corrected chi connectivity index (χ2v) is 6.07. The number of carbonyl (C=O) groups excluding carboxylic acids is 1. The lowest BCUT2D eigenvalue weighted by Gasteiger charge is -2.19. The Hall–Kier alpha value is -3.27. The van der Waals surface area contributed by atoms with E-state index in [1.807, 2.05) is 84.9 Å². The van der Waals surface area contributed by atoms with E-state index in [2.05, 4.69) is 5.32 Å². The summed E-state index contributed by atoms with van der Waals surface area (Å²) in [6.45, 7) is 0.501. The molecule has 1 amide bonds. The summed E-state index contributed by atoms with van der Waals surface area (Å²) in [5.41, 5.74) is 1.87. The summed E-state index contributed by atoms with van der Waals surface area (Å²) in [6.07, 6.45) is -0.0194. The van der Waals surface area contributed by atoms with Gasteiger partial charge >= 0.3 is 0 Å². The van der Waals surface area contributed by atoms with E-state index < -0.39 is 6.10 Å². The van der Waals surface area contributed by atoms with Crippen LogP contribution in [0.25, 0.3) is 0 Å². The first-order chi connectivity index (χ1) is 13.3. The maximum absolute atomic E-state index is 12.8. The third-order valence-corrected chi connectivity index (χ3v) is 4.22. The number of ether oxygens (including phenoxy) is 2. The molecule has 0 aliphatic rings. The van der Waals surface area contributed by atoms with Gasteiger partial charge < -0.3 is 14.8 Å². The molecule has 3 aromatic carbocycles. The Balaban J connectivity index is 1.67. The SMILES string of the molecule is COc1ccccc1CCNC(=O)C(Oc1ccccc1)c1ccccc1. The quantitative estimate of drug-likeness (QED) is 0.655. The maximum Gasteiger partial charge on any atom is 0.265 e. The number of amides is 1. The molecule has 0 aromatic heterocycles. The van der Waals surface area contributed by atoms with E-state index in [0.717, 1.165) is 16.9 Å². The standard InChI is InChI=1S/C23H23NO3/c1-26-21-15-9-8-10-18(21)16-17-24-23(25)22(19-11-4-2-5-12-19)27-20-13-6-3-7-14-20/h2-15,22H,16-17H2,1H3,(H,24,25). The molecule has 1 unspecified atom stereocenters. The van der Waals surface area contributed by atoms with E-state index >= 15 is 0 Å². The van der Waals surface area contributed by atoms with Crippen LogP contribution in [0, 0.1) is 0 Å². The highest BCUT2D eigenvalue weighted by Gasteiger charge is 2.22. The number of carbonyl (C=O) groups is 1. The van der Waals surface area contributed by atoms with E-state index in [9.17, 15) is 4.79 Å². The van der Waals surface area contributed by atoms with Gasteiger partial charge in [0.25, 0.3) is 5.91 Å². The number of methoxy groups -OCH3 is 1. The number of nitrogens with one attached hydrogen (secondary N) is 1. The second kappa shape index (κ2) is 9.43. The first-order valence-corrected chi connectivity index (χ1v) is 8.94. The van der Waals surface area contributed by atoms with Gasteiger partial charge in [0, 0.05) is 12.1 Å². The predicted molar refractivity (Wildman–Crippen MR) is 106 cm³/mol. The summed E-state index contributed by atoms with van der Waals surface area (Å²) in [6, 6.07) is 26.7. The molecule has 3 aromatic rings. The molecule has 0 bridgehead atoms. The summed E-state index contributed by atoms with van der Waals surface area (Å²) in [5, 5.41) is 2.98. The Morgan fingerprint density at radius 3 is 2.22 bits per heavy atom. The number of para-hydroxylation sites is 2. The molecular formula is C23H23NO3. The van der Waals surface area contributed by atoms with Gasteiger partial charge in [-0.15, -0.1) is 0 Å². The zero-order chi connectivity index (χ0) is 18.9. The van der Waals surface area contributed by atoms with E-state index in [1.165, 1.54) is 0 Å². The fourth-order valence-electron chi connectivity index (χ4n) is 2.86. The first kappa shape index (κ1) is 18.5. The van der Waals surface area contributed by atoms with Gasteiger partial charge in [-0.1, -0.05) is 66.7 Å². The Kier molecular flexibility index (Phi) is 6.47. The summed E-state index contributed by atoms with van der Waals surface area (Å²) < 4.78 is 11.3. The van der Waals surface area contributed by atoms with Crippen molar-refractivity contribution in [3.05, 3.63) is 96.1 Å². The molecule has 0 fully saturated rings.